The lowest BCUT2D eigenvalue weighted by atomic mass is 10.1. The molecule has 0 spiro atoms. The monoisotopic (exact) mass is 452 g/mol. The first-order valence-electron chi connectivity index (χ1n) is 10.5. The van der Waals surface area contributed by atoms with Gasteiger partial charge in [-0.15, -0.1) is 5.10 Å². The average Bonchev–Trinajstić information content (AvgIpc) is 3.45. The highest BCUT2D eigenvalue weighted by molar-refractivity contribution is 6.07. The standard InChI is InChI=1S/C22H22F2N8O/c1-12-6-13(2)26-17(7-12)15-9-25-30(3)20(15)21(33)27-18-8-19-28-22(29-32(19)11-16(18)24)31-5-4-14(23)10-31/h6-9,11,14H,4-5,10H2,1-3H3,(H,27,33)/t14-/m0/s1. The summed E-state index contributed by atoms with van der Waals surface area (Å²) in [5.41, 5.74) is 3.52. The normalized spacial score (nSPS) is 16.0. The van der Waals surface area contributed by atoms with Gasteiger partial charge in [-0.3, -0.25) is 14.5 Å². The molecule has 1 aliphatic heterocycles. The molecule has 1 aliphatic rings. The molecule has 1 atom stereocenters. The van der Waals surface area contributed by atoms with E-state index in [2.05, 4.69) is 25.5 Å². The summed E-state index contributed by atoms with van der Waals surface area (Å²) in [6.45, 7) is 4.53. The maximum atomic E-state index is 14.8. The number of carbonyl (C=O) groups is 1. The lowest BCUT2D eigenvalue weighted by Gasteiger charge is -2.10. The van der Waals surface area contributed by atoms with Gasteiger partial charge in [0.25, 0.3) is 5.91 Å². The predicted molar refractivity (Wildman–Crippen MR) is 119 cm³/mol. The molecule has 1 fully saturated rings. The third-order valence-electron chi connectivity index (χ3n) is 5.60. The summed E-state index contributed by atoms with van der Waals surface area (Å²) >= 11 is 0. The maximum Gasteiger partial charge on any atom is 0.274 e. The minimum Gasteiger partial charge on any atom is -0.336 e. The molecule has 5 rings (SSSR count). The van der Waals surface area contributed by atoms with Crippen LogP contribution < -0.4 is 10.2 Å². The number of anilines is 2. The molecular formula is C22H22F2N8O. The summed E-state index contributed by atoms with van der Waals surface area (Å²) in [5, 5.41) is 11.0. The van der Waals surface area contributed by atoms with Gasteiger partial charge in [0.15, 0.2) is 11.5 Å². The van der Waals surface area contributed by atoms with E-state index in [0.717, 1.165) is 17.5 Å². The Morgan fingerprint density at radius 2 is 2.03 bits per heavy atom. The molecule has 1 N–H and O–H groups in total. The summed E-state index contributed by atoms with van der Waals surface area (Å²) < 4.78 is 31.0. The molecule has 0 radical (unpaired) electrons. The highest BCUT2D eigenvalue weighted by Crippen LogP contribution is 2.26. The van der Waals surface area contributed by atoms with Crippen LogP contribution in [0.5, 0.6) is 0 Å². The molecule has 5 heterocycles. The first-order valence-corrected chi connectivity index (χ1v) is 10.5. The number of hydrogen-bond donors (Lipinski definition) is 1. The molecule has 1 amide bonds. The molecule has 9 nitrogen and oxygen atoms in total. The molecule has 0 unspecified atom stereocenters. The second-order valence-electron chi connectivity index (χ2n) is 8.24. The quantitative estimate of drug-likeness (QED) is 0.512. The lowest BCUT2D eigenvalue weighted by molar-refractivity contribution is 0.101. The summed E-state index contributed by atoms with van der Waals surface area (Å²) in [6, 6.07) is 5.20. The number of pyridine rings is 2. The molecule has 0 bridgehead atoms. The van der Waals surface area contributed by atoms with E-state index in [1.165, 1.54) is 15.3 Å². The Kier molecular flexibility index (Phi) is 5.03. The van der Waals surface area contributed by atoms with Crippen molar-refractivity contribution < 1.29 is 13.6 Å². The van der Waals surface area contributed by atoms with E-state index < -0.39 is 17.9 Å². The first kappa shape index (κ1) is 21.0. The Bertz CT molecular complexity index is 1360. The smallest absolute Gasteiger partial charge is 0.274 e. The summed E-state index contributed by atoms with van der Waals surface area (Å²) in [5.74, 6) is -0.882. The van der Waals surface area contributed by atoms with Crippen LogP contribution in [-0.4, -0.2) is 54.5 Å². The van der Waals surface area contributed by atoms with Gasteiger partial charge < -0.3 is 10.2 Å². The second kappa shape index (κ2) is 7.91. The molecule has 0 aliphatic carbocycles. The predicted octanol–water partition coefficient (Wildman–Crippen LogP) is 3.08. The van der Waals surface area contributed by atoms with Crippen LogP contribution in [0.15, 0.2) is 30.6 Å². The van der Waals surface area contributed by atoms with Crippen LogP contribution in [-0.2, 0) is 7.05 Å². The highest BCUT2D eigenvalue weighted by Gasteiger charge is 2.26. The summed E-state index contributed by atoms with van der Waals surface area (Å²) in [7, 11) is 1.64. The number of rotatable bonds is 4. The van der Waals surface area contributed by atoms with Gasteiger partial charge in [0.1, 0.15) is 11.9 Å². The Labute approximate surface area is 188 Å². The number of nitrogens with one attached hydrogen (secondary N) is 1. The van der Waals surface area contributed by atoms with Crippen molar-refractivity contribution >= 4 is 23.2 Å². The van der Waals surface area contributed by atoms with E-state index in [0.29, 0.717) is 35.8 Å². The Morgan fingerprint density at radius 1 is 1.21 bits per heavy atom. The van der Waals surface area contributed by atoms with Crippen molar-refractivity contribution in [2.45, 2.75) is 26.4 Å². The van der Waals surface area contributed by atoms with Crippen molar-refractivity contribution in [3.63, 3.8) is 0 Å². The van der Waals surface area contributed by atoms with Gasteiger partial charge in [0.05, 0.1) is 35.9 Å². The molecule has 0 aromatic carbocycles. The van der Waals surface area contributed by atoms with Crippen LogP contribution in [0.1, 0.15) is 28.2 Å². The van der Waals surface area contributed by atoms with Gasteiger partial charge in [-0.2, -0.15) is 10.1 Å². The Morgan fingerprint density at radius 3 is 2.76 bits per heavy atom. The van der Waals surface area contributed by atoms with Crippen molar-refractivity contribution in [2.75, 3.05) is 23.3 Å². The number of aromatic nitrogens is 6. The molecule has 4 aromatic heterocycles. The minimum absolute atomic E-state index is 0.0447. The lowest BCUT2D eigenvalue weighted by Crippen LogP contribution is -2.21. The van der Waals surface area contributed by atoms with E-state index in [1.807, 2.05) is 26.0 Å². The zero-order valence-electron chi connectivity index (χ0n) is 18.4. The Balaban J connectivity index is 1.46. The zero-order valence-corrected chi connectivity index (χ0v) is 18.4. The number of aryl methyl sites for hydroxylation is 3. The van der Waals surface area contributed by atoms with Gasteiger partial charge >= 0.3 is 0 Å². The average molecular weight is 452 g/mol. The van der Waals surface area contributed by atoms with Crippen LogP contribution in [0.4, 0.5) is 20.4 Å². The van der Waals surface area contributed by atoms with Gasteiger partial charge in [-0.1, -0.05) is 0 Å². The van der Waals surface area contributed by atoms with E-state index in [1.54, 1.807) is 18.1 Å². The van der Waals surface area contributed by atoms with Crippen molar-refractivity contribution in [1.82, 2.24) is 29.4 Å². The number of hydrogen-bond acceptors (Lipinski definition) is 6. The summed E-state index contributed by atoms with van der Waals surface area (Å²) in [6.07, 6.45) is 2.19. The number of nitrogens with zero attached hydrogens (tertiary/aromatic N) is 7. The molecule has 0 saturated carbocycles. The third kappa shape index (κ3) is 3.90. The molecule has 33 heavy (non-hydrogen) atoms. The number of amides is 1. The van der Waals surface area contributed by atoms with Crippen LogP contribution in [0, 0.1) is 19.7 Å². The topological polar surface area (TPSA) is 93.2 Å². The van der Waals surface area contributed by atoms with Crippen molar-refractivity contribution in [3.05, 3.63) is 53.4 Å². The van der Waals surface area contributed by atoms with Gasteiger partial charge in [-0.25, -0.2) is 13.3 Å². The molecular weight excluding hydrogens is 430 g/mol. The van der Waals surface area contributed by atoms with Crippen molar-refractivity contribution in [2.24, 2.45) is 7.05 Å². The van der Waals surface area contributed by atoms with Gasteiger partial charge in [0, 0.05) is 25.4 Å². The van der Waals surface area contributed by atoms with Crippen LogP contribution >= 0.6 is 0 Å². The maximum absolute atomic E-state index is 14.8. The van der Waals surface area contributed by atoms with E-state index in [-0.39, 0.29) is 17.9 Å². The molecule has 170 valence electrons. The molecule has 11 heteroatoms. The van der Waals surface area contributed by atoms with Crippen molar-refractivity contribution in [3.8, 4) is 11.3 Å². The zero-order chi connectivity index (χ0) is 23.3. The highest BCUT2D eigenvalue weighted by atomic mass is 19.1. The van der Waals surface area contributed by atoms with E-state index in [4.69, 9.17) is 0 Å². The number of carbonyl (C=O) groups excluding carboxylic acids is 1. The van der Waals surface area contributed by atoms with E-state index in [9.17, 15) is 13.6 Å². The number of halogens is 2. The van der Waals surface area contributed by atoms with Gasteiger partial charge in [-0.05, 0) is 38.0 Å². The van der Waals surface area contributed by atoms with Crippen LogP contribution in [0.2, 0.25) is 0 Å². The molecule has 1 saturated heterocycles. The Hall–Kier alpha value is -3.89. The fourth-order valence-corrected chi connectivity index (χ4v) is 4.08. The number of alkyl halides is 1. The second-order valence-corrected chi connectivity index (χ2v) is 8.24. The fraction of sp³-hybridized carbons (Fsp3) is 0.318. The first-order chi connectivity index (χ1) is 15.8. The largest absolute Gasteiger partial charge is 0.336 e. The minimum atomic E-state index is -0.928. The summed E-state index contributed by atoms with van der Waals surface area (Å²) in [4.78, 5) is 23.7. The van der Waals surface area contributed by atoms with Crippen molar-refractivity contribution in [1.29, 1.82) is 0 Å². The number of fused-ring (bicyclic) bond motifs is 1. The fourth-order valence-electron chi connectivity index (χ4n) is 4.08. The molecule has 4 aromatic rings. The third-order valence-corrected chi connectivity index (χ3v) is 5.60. The van der Waals surface area contributed by atoms with Crippen LogP contribution in [0.3, 0.4) is 0 Å². The van der Waals surface area contributed by atoms with E-state index >= 15 is 0 Å². The van der Waals surface area contributed by atoms with Crippen LogP contribution in [0.25, 0.3) is 16.9 Å². The van der Waals surface area contributed by atoms with Gasteiger partial charge in [0.2, 0.25) is 5.95 Å². The SMILES string of the molecule is Cc1cc(C)nc(-c2cnn(C)c2C(=O)Nc2cc3nc(N4CC[C@H](F)C4)nn3cc2F)c1.